The Labute approximate surface area is 178 Å². The van der Waals surface area contributed by atoms with E-state index in [1.54, 1.807) is 18.3 Å². The van der Waals surface area contributed by atoms with Gasteiger partial charge in [-0.3, -0.25) is 14.6 Å². The summed E-state index contributed by atoms with van der Waals surface area (Å²) in [4.78, 5) is 43.5. The first-order chi connectivity index (χ1) is 15.0. The minimum atomic E-state index is -0.561. The highest BCUT2D eigenvalue weighted by Gasteiger charge is 2.45. The van der Waals surface area contributed by atoms with Gasteiger partial charge < -0.3 is 16.4 Å². The second-order valence-corrected chi connectivity index (χ2v) is 7.88. The van der Waals surface area contributed by atoms with Gasteiger partial charge in [0.15, 0.2) is 0 Å². The van der Waals surface area contributed by atoms with Crippen LogP contribution in [0.15, 0.2) is 60.9 Å². The third-order valence-corrected chi connectivity index (χ3v) is 6.08. The molecule has 0 bridgehead atoms. The zero-order valence-corrected chi connectivity index (χ0v) is 16.6. The van der Waals surface area contributed by atoms with Crippen molar-refractivity contribution >= 4 is 34.3 Å². The fraction of sp³-hybridized carbons (Fsp3) is 0.217. The second-order valence-electron chi connectivity index (χ2n) is 7.88. The number of nitrogens with zero attached hydrogens (tertiary/aromatic N) is 2. The van der Waals surface area contributed by atoms with Crippen molar-refractivity contribution < 1.29 is 14.4 Å². The van der Waals surface area contributed by atoms with E-state index in [0.717, 1.165) is 16.3 Å². The summed E-state index contributed by atoms with van der Waals surface area (Å²) >= 11 is 0. The lowest BCUT2D eigenvalue weighted by Crippen LogP contribution is -2.69. The number of carbonyl (C=O) groups excluding carboxylic acids is 3. The van der Waals surface area contributed by atoms with Crippen LogP contribution in [0, 0.1) is 0 Å². The number of primary amides is 1. The van der Waals surface area contributed by atoms with Crippen molar-refractivity contribution in [2.45, 2.75) is 24.4 Å². The van der Waals surface area contributed by atoms with Crippen LogP contribution in [0.2, 0.25) is 0 Å². The van der Waals surface area contributed by atoms with Crippen molar-refractivity contribution in [3.05, 3.63) is 72.1 Å². The number of amides is 4. The first-order valence-corrected chi connectivity index (χ1v) is 10.1. The highest BCUT2D eigenvalue weighted by Crippen LogP contribution is 2.33. The number of benzene rings is 2. The van der Waals surface area contributed by atoms with Crippen molar-refractivity contribution in [1.82, 2.24) is 15.6 Å². The molecule has 3 heterocycles. The molecule has 156 valence electrons. The third-order valence-electron chi connectivity index (χ3n) is 6.08. The first-order valence-electron chi connectivity index (χ1n) is 10.1. The highest BCUT2D eigenvalue weighted by atomic mass is 16.2. The van der Waals surface area contributed by atoms with E-state index in [1.165, 1.54) is 11.1 Å². The molecule has 2 aromatic carbocycles. The predicted octanol–water partition coefficient (Wildman–Crippen LogP) is 1.90. The molecule has 2 aliphatic rings. The van der Waals surface area contributed by atoms with Crippen molar-refractivity contribution in [1.29, 1.82) is 0 Å². The lowest BCUT2D eigenvalue weighted by atomic mass is 9.82. The fourth-order valence-corrected chi connectivity index (χ4v) is 4.62. The molecule has 8 heteroatoms. The molecule has 3 aromatic rings. The van der Waals surface area contributed by atoms with Gasteiger partial charge in [-0.2, -0.15) is 0 Å². The van der Waals surface area contributed by atoms with Gasteiger partial charge in [-0.1, -0.05) is 42.5 Å². The molecule has 1 aromatic heterocycles. The lowest BCUT2D eigenvalue weighted by molar-refractivity contribution is -0.121. The monoisotopic (exact) mass is 415 g/mol. The van der Waals surface area contributed by atoms with Crippen LogP contribution in [0.3, 0.4) is 0 Å². The zero-order chi connectivity index (χ0) is 21.5. The van der Waals surface area contributed by atoms with E-state index in [0.29, 0.717) is 24.2 Å². The fourth-order valence-electron chi connectivity index (χ4n) is 4.62. The number of carbonyl (C=O) groups is 3. The number of pyridine rings is 1. The van der Waals surface area contributed by atoms with Gasteiger partial charge in [0.1, 0.15) is 6.04 Å². The van der Waals surface area contributed by atoms with Crippen LogP contribution in [0.1, 0.15) is 28.3 Å². The largest absolute Gasteiger partial charge is 0.366 e. The van der Waals surface area contributed by atoms with E-state index in [-0.39, 0.29) is 17.9 Å². The van der Waals surface area contributed by atoms with Crippen LogP contribution in [-0.4, -0.2) is 41.5 Å². The van der Waals surface area contributed by atoms with E-state index in [9.17, 15) is 14.4 Å². The Morgan fingerprint density at radius 3 is 2.68 bits per heavy atom. The van der Waals surface area contributed by atoms with Gasteiger partial charge in [-0.25, -0.2) is 9.69 Å². The minimum Gasteiger partial charge on any atom is -0.366 e. The van der Waals surface area contributed by atoms with Crippen LogP contribution < -0.4 is 21.3 Å². The Kier molecular flexibility index (Phi) is 4.63. The summed E-state index contributed by atoms with van der Waals surface area (Å²) in [7, 11) is 0. The average Bonchev–Trinajstić information content (AvgIpc) is 2.79. The number of imide groups is 1. The SMILES string of the molecule is NC(=O)c1ccccc1C1CNC2C(=O)N(c3cncc4ccccc34)C(=O)NC2C1. The smallest absolute Gasteiger partial charge is 0.329 e. The molecule has 8 nitrogen and oxygen atoms in total. The highest BCUT2D eigenvalue weighted by molar-refractivity contribution is 6.21. The molecular weight excluding hydrogens is 394 g/mol. The van der Waals surface area contributed by atoms with Gasteiger partial charge in [-0.05, 0) is 24.0 Å². The molecule has 4 amide bonds. The molecule has 2 aliphatic heterocycles. The number of hydrogen-bond donors (Lipinski definition) is 3. The normalized spacial score (nSPS) is 23.4. The van der Waals surface area contributed by atoms with Crippen molar-refractivity contribution in [2.75, 3.05) is 11.4 Å². The second kappa shape index (κ2) is 7.48. The summed E-state index contributed by atoms with van der Waals surface area (Å²) in [6.45, 7) is 0.495. The first kappa shape index (κ1) is 19.2. The number of rotatable bonds is 3. The van der Waals surface area contributed by atoms with Crippen LogP contribution in [0.4, 0.5) is 10.5 Å². The number of urea groups is 1. The Balaban J connectivity index is 1.44. The van der Waals surface area contributed by atoms with E-state index in [2.05, 4.69) is 15.6 Å². The molecule has 31 heavy (non-hydrogen) atoms. The minimum absolute atomic E-state index is 0.0520. The molecule has 5 rings (SSSR count). The number of aromatic nitrogens is 1. The molecule has 0 aliphatic carbocycles. The number of nitrogens with two attached hydrogens (primary N) is 1. The predicted molar refractivity (Wildman–Crippen MR) is 116 cm³/mol. The molecular formula is C23H21N5O3. The van der Waals surface area contributed by atoms with Crippen LogP contribution in [0.5, 0.6) is 0 Å². The summed E-state index contributed by atoms with van der Waals surface area (Å²) in [6.07, 6.45) is 3.77. The Hall–Kier alpha value is -3.78. The van der Waals surface area contributed by atoms with Crippen molar-refractivity contribution in [2.24, 2.45) is 5.73 Å². The van der Waals surface area contributed by atoms with E-state index < -0.39 is 18.0 Å². The third kappa shape index (κ3) is 3.21. The van der Waals surface area contributed by atoms with Gasteiger partial charge in [0.25, 0.3) is 5.91 Å². The molecule has 3 atom stereocenters. The summed E-state index contributed by atoms with van der Waals surface area (Å²) in [5.41, 5.74) is 7.27. The van der Waals surface area contributed by atoms with Crippen LogP contribution in [-0.2, 0) is 4.79 Å². The van der Waals surface area contributed by atoms with Crippen molar-refractivity contribution in [3.63, 3.8) is 0 Å². The average molecular weight is 415 g/mol. The molecule has 3 unspecified atom stereocenters. The number of piperidine rings is 1. The lowest BCUT2D eigenvalue weighted by Gasteiger charge is -2.43. The number of fused-ring (bicyclic) bond motifs is 2. The van der Waals surface area contributed by atoms with E-state index in [1.807, 2.05) is 36.4 Å². The standard InChI is InChI=1S/C23H21N5O3/c24-21(29)17-8-4-3-6-15(17)14-9-18-20(26-11-14)22(30)28(23(31)27-18)19-12-25-10-13-5-1-2-7-16(13)19/h1-8,10,12,14,18,20,26H,9,11H2,(H2,24,29)(H,27,31). The van der Waals surface area contributed by atoms with Gasteiger partial charge in [0.05, 0.1) is 17.9 Å². The van der Waals surface area contributed by atoms with E-state index in [4.69, 9.17) is 5.73 Å². The Morgan fingerprint density at radius 2 is 1.84 bits per heavy atom. The Bertz CT molecular complexity index is 1210. The molecule has 0 spiro atoms. The molecule has 2 fully saturated rings. The summed E-state index contributed by atoms with van der Waals surface area (Å²) in [5, 5.41) is 7.88. The maximum absolute atomic E-state index is 13.3. The van der Waals surface area contributed by atoms with Crippen LogP contribution in [0.25, 0.3) is 10.8 Å². The van der Waals surface area contributed by atoms with Gasteiger partial charge in [0, 0.05) is 29.1 Å². The quantitative estimate of drug-likeness (QED) is 0.604. The summed E-state index contributed by atoms with van der Waals surface area (Å²) in [6, 6.07) is 13.3. The molecule has 2 saturated heterocycles. The maximum Gasteiger partial charge on any atom is 0.329 e. The number of anilines is 1. The van der Waals surface area contributed by atoms with Gasteiger partial charge in [-0.15, -0.1) is 0 Å². The molecule has 0 radical (unpaired) electrons. The molecule has 4 N–H and O–H groups in total. The van der Waals surface area contributed by atoms with Crippen molar-refractivity contribution in [3.8, 4) is 0 Å². The topological polar surface area (TPSA) is 117 Å². The maximum atomic E-state index is 13.3. The molecule has 0 saturated carbocycles. The number of hydrogen-bond acceptors (Lipinski definition) is 5. The van der Waals surface area contributed by atoms with Gasteiger partial charge >= 0.3 is 6.03 Å². The number of nitrogens with one attached hydrogen (secondary N) is 2. The summed E-state index contributed by atoms with van der Waals surface area (Å²) < 4.78 is 0. The van der Waals surface area contributed by atoms with Crippen LogP contribution >= 0.6 is 0 Å². The zero-order valence-electron chi connectivity index (χ0n) is 16.6. The summed E-state index contributed by atoms with van der Waals surface area (Å²) in [5.74, 6) is -0.853. The van der Waals surface area contributed by atoms with E-state index >= 15 is 0 Å². The van der Waals surface area contributed by atoms with Gasteiger partial charge in [0.2, 0.25) is 5.91 Å². The Morgan fingerprint density at radius 1 is 1.06 bits per heavy atom.